The van der Waals surface area contributed by atoms with Gasteiger partial charge in [-0.25, -0.2) is 0 Å². The fraction of sp³-hybridized carbons (Fsp3) is 0.462. The van der Waals surface area contributed by atoms with Crippen LogP contribution in [0.25, 0.3) is 0 Å². The Kier molecular flexibility index (Phi) is 5.62. The molecule has 1 aliphatic rings. The van der Waals surface area contributed by atoms with E-state index in [1.165, 1.54) is 0 Å². The van der Waals surface area contributed by atoms with Crippen LogP contribution in [0.15, 0.2) is 24.3 Å². The lowest BCUT2D eigenvalue weighted by molar-refractivity contribution is -0.123. The summed E-state index contributed by atoms with van der Waals surface area (Å²) >= 11 is 5.93. The van der Waals surface area contributed by atoms with Gasteiger partial charge in [0.05, 0.1) is 11.6 Å². The number of methoxy groups -OCH3 is 1. The molecular formula is C13H18Cl2N2O2. The summed E-state index contributed by atoms with van der Waals surface area (Å²) in [4.78, 5) is 11.7. The Morgan fingerprint density at radius 2 is 2.26 bits per heavy atom. The van der Waals surface area contributed by atoms with Crippen LogP contribution in [0, 0.1) is 0 Å². The first-order valence-electron chi connectivity index (χ1n) is 5.90. The van der Waals surface area contributed by atoms with Gasteiger partial charge in [-0.1, -0.05) is 23.7 Å². The van der Waals surface area contributed by atoms with Crippen molar-refractivity contribution >= 4 is 29.9 Å². The average molecular weight is 305 g/mol. The van der Waals surface area contributed by atoms with Gasteiger partial charge in [0.15, 0.2) is 0 Å². The number of benzene rings is 1. The highest BCUT2D eigenvalue weighted by atomic mass is 35.5. The molecule has 19 heavy (non-hydrogen) atoms. The predicted molar refractivity (Wildman–Crippen MR) is 77.6 cm³/mol. The van der Waals surface area contributed by atoms with Crippen LogP contribution in [0.4, 0.5) is 0 Å². The molecule has 1 aliphatic carbocycles. The van der Waals surface area contributed by atoms with Crippen molar-refractivity contribution in [2.24, 2.45) is 5.73 Å². The number of carbonyl (C=O) groups excluding carboxylic acids is 1. The Balaban J connectivity index is 0.00000180. The molecule has 0 bridgehead atoms. The molecule has 4 nitrogen and oxygen atoms in total. The van der Waals surface area contributed by atoms with Crippen molar-refractivity contribution in [3.05, 3.63) is 34.9 Å². The largest absolute Gasteiger partial charge is 0.375 e. The summed E-state index contributed by atoms with van der Waals surface area (Å²) in [5.41, 5.74) is 6.10. The number of amides is 1. The van der Waals surface area contributed by atoms with Gasteiger partial charge in [-0.3, -0.25) is 4.79 Å². The molecule has 0 aliphatic heterocycles. The summed E-state index contributed by atoms with van der Waals surface area (Å²) in [6.07, 6.45) is 1.30. The highest BCUT2D eigenvalue weighted by molar-refractivity contribution is 6.30. The number of hydrogen-bond donors (Lipinski definition) is 2. The van der Waals surface area contributed by atoms with Crippen molar-refractivity contribution in [2.45, 2.75) is 24.5 Å². The SMILES string of the molecule is COC(CNC(=O)C1(N)CC1)c1cccc(Cl)c1.Cl. The van der Waals surface area contributed by atoms with E-state index in [4.69, 9.17) is 22.1 Å². The summed E-state index contributed by atoms with van der Waals surface area (Å²) in [5, 5.41) is 3.47. The second kappa shape index (κ2) is 6.57. The first-order valence-corrected chi connectivity index (χ1v) is 6.28. The predicted octanol–water partition coefficient (Wildman–Crippen LogP) is 2.06. The van der Waals surface area contributed by atoms with Gasteiger partial charge < -0.3 is 15.8 Å². The molecule has 0 radical (unpaired) electrons. The number of nitrogens with two attached hydrogens (primary N) is 1. The van der Waals surface area contributed by atoms with Gasteiger partial charge in [-0.15, -0.1) is 12.4 Å². The molecule has 106 valence electrons. The molecule has 0 saturated heterocycles. The van der Waals surface area contributed by atoms with Crippen LogP contribution in [0.2, 0.25) is 5.02 Å². The molecule has 1 saturated carbocycles. The van der Waals surface area contributed by atoms with E-state index in [0.717, 1.165) is 18.4 Å². The van der Waals surface area contributed by atoms with Crippen LogP contribution >= 0.6 is 24.0 Å². The van der Waals surface area contributed by atoms with Crippen LogP contribution in [-0.2, 0) is 9.53 Å². The number of nitrogens with one attached hydrogen (secondary N) is 1. The van der Waals surface area contributed by atoms with E-state index in [1.807, 2.05) is 18.2 Å². The summed E-state index contributed by atoms with van der Waals surface area (Å²) in [7, 11) is 1.60. The maximum Gasteiger partial charge on any atom is 0.240 e. The van der Waals surface area contributed by atoms with Crippen molar-refractivity contribution < 1.29 is 9.53 Å². The molecule has 2 rings (SSSR count). The highest BCUT2D eigenvalue weighted by Gasteiger charge is 2.45. The van der Waals surface area contributed by atoms with Gasteiger partial charge in [-0.2, -0.15) is 0 Å². The Morgan fingerprint density at radius 1 is 1.58 bits per heavy atom. The van der Waals surface area contributed by atoms with E-state index in [2.05, 4.69) is 5.32 Å². The Bertz CT molecular complexity index is 450. The smallest absolute Gasteiger partial charge is 0.240 e. The molecule has 1 unspecified atom stereocenters. The van der Waals surface area contributed by atoms with Gasteiger partial charge in [0, 0.05) is 18.7 Å². The summed E-state index contributed by atoms with van der Waals surface area (Å²) in [6, 6.07) is 7.41. The molecule has 1 atom stereocenters. The van der Waals surface area contributed by atoms with Crippen LogP contribution in [-0.4, -0.2) is 25.1 Å². The number of carbonyl (C=O) groups is 1. The maximum atomic E-state index is 11.7. The van der Waals surface area contributed by atoms with Crippen molar-refractivity contribution in [1.82, 2.24) is 5.32 Å². The fourth-order valence-electron chi connectivity index (χ4n) is 1.77. The summed E-state index contributed by atoms with van der Waals surface area (Å²) in [5.74, 6) is -0.105. The van der Waals surface area contributed by atoms with Crippen LogP contribution in [0.3, 0.4) is 0 Å². The number of hydrogen-bond acceptors (Lipinski definition) is 3. The second-order valence-corrected chi connectivity index (χ2v) is 5.08. The minimum absolute atomic E-state index is 0. The lowest BCUT2D eigenvalue weighted by Crippen LogP contribution is -2.44. The third-order valence-electron chi connectivity index (χ3n) is 3.19. The molecule has 0 spiro atoms. The van der Waals surface area contributed by atoms with E-state index >= 15 is 0 Å². The standard InChI is InChI=1S/C13H17ClN2O2.ClH/c1-18-11(9-3-2-4-10(14)7-9)8-16-12(17)13(15)5-6-13;/h2-4,7,11H,5-6,8,15H2,1H3,(H,16,17);1H. The monoisotopic (exact) mass is 304 g/mol. The van der Waals surface area contributed by atoms with Gasteiger partial charge >= 0.3 is 0 Å². The quantitative estimate of drug-likeness (QED) is 0.875. The van der Waals surface area contributed by atoms with Gasteiger partial charge in [0.25, 0.3) is 0 Å². The van der Waals surface area contributed by atoms with Crippen molar-refractivity contribution in [1.29, 1.82) is 0 Å². The molecule has 0 aromatic heterocycles. The van der Waals surface area contributed by atoms with E-state index in [9.17, 15) is 4.79 Å². The van der Waals surface area contributed by atoms with Crippen LogP contribution in [0.1, 0.15) is 24.5 Å². The minimum atomic E-state index is -0.646. The number of halogens is 2. The summed E-state index contributed by atoms with van der Waals surface area (Å²) in [6.45, 7) is 0.397. The molecule has 6 heteroatoms. The average Bonchev–Trinajstić information content (AvgIpc) is 3.09. The number of ether oxygens (including phenoxy) is 1. The third-order valence-corrected chi connectivity index (χ3v) is 3.43. The van der Waals surface area contributed by atoms with Crippen molar-refractivity contribution in [2.75, 3.05) is 13.7 Å². The molecule has 0 heterocycles. The van der Waals surface area contributed by atoms with E-state index < -0.39 is 5.54 Å². The first-order chi connectivity index (χ1) is 8.55. The third kappa shape index (κ3) is 4.08. The molecule has 3 N–H and O–H groups in total. The Labute approximate surface area is 124 Å². The zero-order valence-electron chi connectivity index (χ0n) is 10.7. The highest BCUT2D eigenvalue weighted by Crippen LogP contribution is 2.32. The van der Waals surface area contributed by atoms with Gasteiger partial charge in [0.2, 0.25) is 5.91 Å². The van der Waals surface area contributed by atoms with Crippen LogP contribution < -0.4 is 11.1 Å². The molecular weight excluding hydrogens is 287 g/mol. The second-order valence-electron chi connectivity index (χ2n) is 4.65. The molecule has 1 aromatic carbocycles. The van der Waals surface area contributed by atoms with Crippen molar-refractivity contribution in [3.8, 4) is 0 Å². The first kappa shape index (κ1) is 16.2. The molecule has 1 amide bonds. The Hall–Kier alpha value is -0.810. The zero-order chi connectivity index (χ0) is 13.2. The normalized spacial score (nSPS) is 17.2. The maximum absolute atomic E-state index is 11.7. The van der Waals surface area contributed by atoms with Crippen LogP contribution in [0.5, 0.6) is 0 Å². The lowest BCUT2D eigenvalue weighted by Gasteiger charge is -2.18. The van der Waals surface area contributed by atoms with E-state index in [-0.39, 0.29) is 24.4 Å². The summed E-state index contributed by atoms with van der Waals surface area (Å²) < 4.78 is 5.36. The minimum Gasteiger partial charge on any atom is -0.375 e. The zero-order valence-corrected chi connectivity index (χ0v) is 12.3. The molecule has 1 fully saturated rings. The Morgan fingerprint density at radius 3 is 2.79 bits per heavy atom. The van der Waals surface area contributed by atoms with E-state index in [0.29, 0.717) is 11.6 Å². The number of rotatable bonds is 5. The van der Waals surface area contributed by atoms with Gasteiger partial charge in [-0.05, 0) is 30.5 Å². The van der Waals surface area contributed by atoms with Crippen molar-refractivity contribution in [3.63, 3.8) is 0 Å². The topological polar surface area (TPSA) is 64.3 Å². The van der Waals surface area contributed by atoms with E-state index in [1.54, 1.807) is 13.2 Å². The molecule has 1 aromatic rings. The van der Waals surface area contributed by atoms with Gasteiger partial charge in [0.1, 0.15) is 0 Å². The fourth-order valence-corrected chi connectivity index (χ4v) is 1.97. The lowest BCUT2D eigenvalue weighted by atomic mass is 10.1.